The van der Waals surface area contributed by atoms with Crippen molar-refractivity contribution in [3.63, 3.8) is 0 Å². The van der Waals surface area contributed by atoms with Crippen LogP contribution in [0.1, 0.15) is 42.1 Å². The molecular weight excluding hydrogens is 214 g/mol. The minimum Gasteiger partial charge on any atom is -0.507 e. The van der Waals surface area contributed by atoms with Gasteiger partial charge in [0.25, 0.3) is 5.91 Å². The molecule has 0 heterocycles. The van der Waals surface area contributed by atoms with Gasteiger partial charge in [-0.1, -0.05) is 18.6 Å². The molecule has 0 radical (unpaired) electrons. The van der Waals surface area contributed by atoms with E-state index in [0.717, 1.165) is 18.5 Å². The second kappa shape index (κ2) is 4.40. The van der Waals surface area contributed by atoms with Crippen LogP contribution in [0.25, 0.3) is 0 Å². The number of carbonyl (C=O) groups excluding carboxylic acids is 1. The highest BCUT2D eigenvalue weighted by molar-refractivity contribution is 5.97. The molecule has 1 fully saturated rings. The van der Waals surface area contributed by atoms with Crippen LogP contribution in [-0.2, 0) is 0 Å². The lowest BCUT2D eigenvalue weighted by molar-refractivity contribution is 0.0941. The molecule has 2 rings (SSSR count). The fraction of sp³-hybridized carbons (Fsp3) is 0.500. The quantitative estimate of drug-likeness (QED) is 0.839. The summed E-state index contributed by atoms with van der Waals surface area (Å²) in [6, 6.07) is 5.08. The molecular formula is C14H19NO2. The van der Waals surface area contributed by atoms with Crippen LogP contribution in [0.15, 0.2) is 18.2 Å². The Bertz CT molecular complexity index is 436. The van der Waals surface area contributed by atoms with Crippen LogP contribution in [0.3, 0.4) is 0 Å². The Hall–Kier alpha value is -1.51. The highest BCUT2D eigenvalue weighted by Crippen LogP contribution is 2.47. The van der Waals surface area contributed by atoms with Crippen molar-refractivity contribution in [1.82, 2.24) is 5.32 Å². The first-order chi connectivity index (χ1) is 8.06. The largest absolute Gasteiger partial charge is 0.507 e. The number of phenolic OH excluding ortho intramolecular Hbond substituents is 1. The standard InChI is InChI=1S/C14H19NO2/c1-3-14(6-7-14)9-15-13(17)11-8-10(2)4-5-12(11)16/h4-5,8,16H,3,6-7,9H2,1-2H3,(H,15,17). The van der Waals surface area contributed by atoms with Crippen molar-refractivity contribution >= 4 is 5.91 Å². The zero-order chi connectivity index (χ0) is 12.5. The molecule has 0 spiro atoms. The summed E-state index contributed by atoms with van der Waals surface area (Å²) in [6.45, 7) is 4.78. The van der Waals surface area contributed by atoms with Gasteiger partial charge in [0, 0.05) is 6.54 Å². The summed E-state index contributed by atoms with van der Waals surface area (Å²) in [6.07, 6.45) is 3.50. The molecule has 1 saturated carbocycles. The molecule has 0 aliphatic heterocycles. The predicted molar refractivity (Wildman–Crippen MR) is 67.1 cm³/mol. The number of carbonyl (C=O) groups is 1. The number of nitrogens with one attached hydrogen (secondary N) is 1. The maximum Gasteiger partial charge on any atom is 0.255 e. The summed E-state index contributed by atoms with van der Waals surface area (Å²) >= 11 is 0. The topological polar surface area (TPSA) is 49.3 Å². The third-order valence-electron chi connectivity index (χ3n) is 3.73. The molecule has 92 valence electrons. The SMILES string of the molecule is CCC1(CNC(=O)c2cc(C)ccc2O)CC1. The van der Waals surface area contributed by atoms with Gasteiger partial charge in [0.15, 0.2) is 0 Å². The van der Waals surface area contributed by atoms with Crippen molar-refractivity contribution in [2.45, 2.75) is 33.1 Å². The maximum atomic E-state index is 11.9. The zero-order valence-electron chi connectivity index (χ0n) is 10.4. The average Bonchev–Trinajstić information content (AvgIpc) is 3.10. The third-order valence-corrected chi connectivity index (χ3v) is 3.73. The second-order valence-electron chi connectivity index (χ2n) is 5.06. The van der Waals surface area contributed by atoms with Crippen molar-refractivity contribution in [2.24, 2.45) is 5.41 Å². The van der Waals surface area contributed by atoms with Crippen molar-refractivity contribution in [1.29, 1.82) is 0 Å². The van der Waals surface area contributed by atoms with Gasteiger partial charge < -0.3 is 10.4 Å². The number of hydrogen-bond donors (Lipinski definition) is 2. The number of rotatable bonds is 4. The van der Waals surface area contributed by atoms with E-state index in [1.54, 1.807) is 18.2 Å². The van der Waals surface area contributed by atoms with Crippen LogP contribution in [0.5, 0.6) is 5.75 Å². The van der Waals surface area contributed by atoms with Crippen molar-refractivity contribution in [2.75, 3.05) is 6.54 Å². The van der Waals surface area contributed by atoms with Gasteiger partial charge in [-0.15, -0.1) is 0 Å². The molecule has 0 atom stereocenters. The molecule has 2 N–H and O–H groups in total. The highest BCUT2D eigenvalue weighted by atomic mass is 16.3. The van der Waals surface area contributed by atoms with E-state index in [9.17, 15) is 9.90 Å². The Morgan fingerprint density at radius 3 is 2.76 bits per heavy atom. The van der Waals surface area contributed by atoms with E-state index in [0.29, 0.717) is 11.0 Å². The van der Waals surface area contributed by atoms with Crippen LogP contribution in [0.2, 0.25) is 0 Å². The van der Waals surface area contributed by atoms with Crippen LogP contribution in [0, 0.1) is 12.3 Å². The summed E-state index contributed by atoms with van der Waals surface area (Å²) in [4.78, 5) is 11.9. The number of benzene rings is 1. The summed E-state index contributed by atoms with van der Waals surface area (Å²) < 4.78 is 0. The van der Waals surface area contributed by atoms with E-state index in [1.165, 1.54) is 12.8 Å². The molecule has 1 amide bonds. The average molecular weight is 233 g/mol. The molecule has 1 aromatic rings. The van der Waals surface area contributed by atoms with E-state index in [1.807, 2.05) is 6.92 Å². The van der Waals surface area contributed by atoms with Gasteiger partial charge in [-0.3, -0.25) is 4.79 Å². The number of amides is 1. The Morgan fingerprint density at radius 1 is 1.47 bits per heavy atom. The smallest absolute Gasteiger partial charge is 0.255 e. The van der Waals surface area contributed by atoms with Gasteiger partial charge in [-0.05, 0) is 43.7 Å². The van der Waals surface area contributed by atoms with E-state index in [-0.39, 0.29) is 11.7 Å². The molecule has 0 saturated heterocycles. The molecule has 1 aromatic carbocycles. The zero-order valence-corrected chi connectivity index (χ0v) is 10.4. The van der Waals surface area contributed by atoms with Crippen LogP contribution < -0.4 is 5.32 Å². The minimum absolute atomic E-state index is 0.0504. The molecule has 17 heavy (non-hydrogen) atoms. The van der Waals surface area contributed by atoms with Gasteiger partial charge in [-0.25, -0.2) is 0 Å². The van der Waals surface area contributed by atoms with E-state index in [2.05, 4.69) is 12.2 Å². The first-order valence-electron chi connectivity index (χ1n) is 6.14. The van der Waals surface area contributed by atoms with Crippen LogP contribution in [0.4, 0.5) is 0 Å². The van der Waals surface area contributed by atoms with Gasteiger partial charge in [-0.2, -0.15) is 0 Å². The first kappa shape index (κ1) is 12.0. The predicted octanol–water partition coefficient (Wildman–Crippen LogP) is 2.62. The van der Waals surface area contributed by atoms with E-state index in [4.69, 9.17) is 0 Å². The summed E-state index contributed by atoms with van der Waals surface area (Å²) in [5.41, 5.74) is 1.68. The van der Waals surface area contributed by atoms with Gasteiger partial charge in [0.05, 0.1) is 5.56 Å². The number of aryl methyl sites for hydroxylation is 1. The minimum atomic E-state index is -0.175. The lowest BCUT2D eigenvalue weighted by Gasteiger charge is -2.14. The fourth-order valence-electron chi connectivity index (χ4n) is 2.03. The van der Waals surface area contributed by atoms with E-state index < -0.39 is 0 Å². The lowest BCUT2D eigenvalue weighted by Crippen LogP contribution is -2.30. The highest BCUT2D eigenvalue weighted by Gasteiger charge is 2.40. The molecule has 0 unspecified atom stereocenters. The Labute approximate surface area is 102 Å². The normalized spacial score (nSPS) is 16.6. The maximum absolute atomic E-state index is 11.9. The summed E-state index contributed by atoms with van der Waals surface area (Å²) in [5.74, 6) is -0.125. The molecule has 3 heteroatoms. The second-order valence-corrected chi connectivity index (χ2v) is 5.06. The van der Waals surface area contributed by atoms with Gasteiger partial charge >= 0.3 is 0 Å². The number of phenols is 1. The lowest BCUT2D eigenvalue weighted by atomic mass is 10.0. The monoisotopic (exact) mass is 233 g/mol. The van der Waals surface area contributed by atoms with Gasteiger partial charge in [0.1, 0.15) is 5.75 Å². The Morgan fingerprint density at radius 2 is 2.18 bits per heavy atom. The fourth-order valence-corrected chi connectivity index (χ4v) is 2.03. The summed E-state index contributed by atoms with van der Waals surface area (Å²) in [7, 11) is 0. The Kier molecular flexibility index (Phi) is 3.09. The molecule has 1 aliphatic carbocycles. The van der Waals surface area contributed by atoms with Gasteiger partial charge in [0.2, 0.25) is 0 Å². The summed E-state index contributed by atoms with van der Waals surface area (Å²) in [5, 5.41) is 12.6. The van der Waals surface area contributed by atoms with Crippen LogP contribution in [-0.4, -0.2) is 17.6 Å². The van der Waals surface area contributed by atoms with Crippen molar-refractivity contribution in [3.05, 3.63) is 29.3 Å². The molecule has 0 bridgehead atoms. The molecule has 3 nitrogen and oxygen atoms in total. The van der Waals surface area contributed by atoms with Crippen molar-refractivity contribution in [3.8, 4) is 5.75 Å². The number of hydrogen-bond acceptors (Lipinski definition) is 2. The molecule has 1 aliphatic rings. The molecule has 0 aromatic heterocycles. The van der Waals surface area contributed by atoms with Crippen molar-refractivity contribution < 1.29 is 9.90 Å². The third kappa shape index (κ3) is 2.60. The van der Waals surface area contributed by atoms with Crippen LogP contribution >= 0.6 is 0 Å². The van der Waals surface area contributed by atoms with E-state index >= 15 is 0 Å². The Balaban J connectivity index is 2.02. The first-order valence-corrected chi connectivity index (χ1v) is 6.14. The number of aromatic hydroxyl groups is 1.